The predicted octanol–water partition coefficient (Wildman–Crippen LogP) is 3.86. The summed E-state index contributed by atoms with van der Waals surface area (Å²) in [5.74, 6) is 4.05. The van der Waals surface area contributed by atoms with Crippen molar-refractivity contribution in [1.29, 1.82) is 0 Å². The molecule has 1 N–H and O–H groups in total. The lowest BCUT2D eigenvalue weighted by atomic mass is 9.89. The average molecular weight is 485 g/mol. The molecule has 0 bridgehead atoms. The highest BCUT2D eigenvalue weighted by Gasteiger charge is 2.44. The quantitative estimate of drug-likeness (QED) is 0.590. The summed E-state index contributed by atoms with van der Waals surface area (Å²) in [7, 11) is 0. The minimum atomic E-state index is 0.0277. The Balaban J connectivity index is 1.29. The Morgan fingerprint density at radius 1 is 0.972 bits per heavy atom. The Labute approximate surface area is 213 Å². The highest BCUT2D eigenvalue weighted by atomic mass is 16.3. The molecule has 2 aromatic heterocycles. The first-order valence-electron chi connectivity index (χ1n) is 13.4. The molecule has 0 aliphatic carbocycles. The van der Waals surface area contributed by atoms with Crippen LogP contribution in [0.2, 0.25) is 0 Å². The molecular formula is C29H36N6O. The molecule has 0 radical (unpaired) electrons. The van der Waals surface area contributed by atoms with Crippen molar-refractivity contribution >= 4 is 11.6 Å². The summed E-state index contributed by atoms with van der Waals surface area (Å²) in [5.41, 5.74) is 4.15. The van der Waals surface area contributed by atoms with Gasteiger partial charge in [0, 0.05) is 62.5 Å². The summed E-state index contributed by atoms with van der Waals surface area (Å²) in [6.45, 7) is 10.4. The standard InChI is InChI=1S/C29H36N6O/c1-20-15-22(19-36)17-30-29(20)34-13-11-33(12-14-34)26-16-24(23-7-4-3-5-8-23)31-28(32-26)27-21(2)18-35-10-6-9-25(27)35/h3-5,7-8,15-17,21,25,27,36H,6,9-14,18-19H2,1-2H3. The molecule has 3 aliphatic rings. The van der Waals surface area contributed by atoms with Gasteiger partial charge in [0.1, 0.15) is 17.5 Å². The van der Waals surface area contributed by atoms with Crippen molar-refractivity contribution in [3.05, 3.63) is 65.6 Å². The Bertz CT molecular complexity index is 1210. The first-order chi connectivity index (χ1) is 17.6. The number of rotatable bonds is 5. The molecular weight excluding hydrogens is 448 g/mol. The summed E-state index contributed by atoms with van der Waals surface area (Å²) < 4.78 is 0. The fraction of sp³-hybridized carbons (Fsp3) is 0.483. The molecule has 36 heavy (non-hydrogen) atoms. The van der Waals surface area contributed by atoms with Crippen LogP contribution < -0.4 is 9.80 Å². The lowest BCUT2D eigenvalue weighted by Gasteiger charge is -2.37. The number of benzene rings is 1. The van der Waals surface area contributed by atoms with Gasteiger partial charge >= 0.3 is 0 Å². The maximum atomic E-state index is 9.42. The van der Waals surface area contributed by atoms with Crippen LogP contribution in [0, 0.1) is 12.8 Å². The van der Waals surface area contributed by atoms with Gasteiger partial charge in [-0.25, -0.2) is 15.0 Å². The predicted molar refractivity (Wildman–Crippen MR) is 143 cm³/mol. The first-order valence-corrected chi connectivity index (χ1v) is 13.4. The summed E-state index contributed by atoms with van der Waals surface area (Å²) >= 11 is 0. The summed E-state index contributed by atoms with van der Waals surface area (Å²) in [6.07, 6.45) is 4.32. The van der Waals surface area contributed by atoms with Crippen LogP contribution in [0.15, 0.2) is 48.7 Å². The fourth-order valence-electron chi connectivity index (χ4n) is 6.49. The summed E-state index contributed by atoms with van der Waals surface area (Å²) in [6, 6.07) is 15.3. The number of piperazine rings is 1. The van der Waals surface area contributed by atoms with E-state index in [9.17, 15) is 5.11 Å². The van der Waals surface area contributed by atoms with Crippen LogP contribution >= 0.6 is 0 Å². The van der Waals surface area contributed by atoms with Crippen LogP contribution in [0.5, 0.6) is 0 Å². The van der Waals surface area contributed by atoms with Crippen molar-refractivity contribution in [3.8, 4) is 11.3 Å². The molecule has 7 nitrogen and oxygen atoms in total. The van der Waals surface area contributed by atoms with Gasteiger partial charge in [-0.15, -0.1) is 0 Å². The SMILES string of the molecule is Cc1cc(CO)cnc1N1CCN(c2cc(-c3ccccc3)nc(C3C(C)CN4CCCC34)n2)CC1. The maximum absolute atomic E-state index is 9.42. The van der Waals surface area contributed by atoms with E-state index in [1.54, 1.807) is 6.20 Å². The lowest BCUT2D eigenvalue weighted by Crippen LogP contribution is -2.47. The molecule has 3 saturated heterocycles. The zero-order valence-electron chi connectivity index (χ0n) is 21.3. The third-order valence-corrected chi connectivity index (χ3v) is 8.25. The average Bonchev–Trinajstić information content (AvgIpc) is 3.49. The van der Waals surface area contributed by atoms with E-state index in [1.165, 1.54) is 19.4 Å². The fourth-order valence-corrected chi connectivity index (χ4v) is 6.49. The number of fused-ring (bicyclic) bond motifs is 1. The van der Waals surface area contributed by atoms with E-state index in [0.29, 0.717) is 17.9 Å². The first kappa shape index (κ1) is 23.4. The Morgan fingerprint density at radius 2 is 1.75 bits per heavy atom. The van der Waals surface area contributed by atoms with E-state index < -0.39 is 0 Å². The lowest BCUT2D eigenvalue weighted by molar-refractivity contribution is 0.281. The molecule has 1 aromatic carbocycles. The van der Waals surface area contributed by atoms with Gasteiger partial charge < -0.3 is 14.9 Å². The third-order valence-electron chi connectivity index (χ3n) is 8.25. The van der Waals surface area contributed by atoms with Crippen LogP contribution in [0.3, 0.4) is 0 Å². The van der Waals surface area contributed by atoms with Gasteiger partial charge in [0.25, 0.3) is 0 Å². The van der Waals surface area contributed by atoms with Crippen molar-refractivity contribution in [2.24, 2.45) is 5.92 Å². The summed E-state index contributed by atoms with van der Waals surface area (Å²) in [4.78, 5) is 22.5. The number of aromatic nitrogens is 3. The topological polar surface area (TPSA) is 68.6 Å². The largest absolute Gasteiger partial charge is 0.392 e. The molecule has 0 amide bonds. The minimum absolute atomic E-state index is 0.0277. The Morgan fingerprint density at radius 3 is 2.50 bits per heavy atom. The van der Waals surface area contributed by atoms with Crippen LogP contribution in [-0.2, 0) is 6.61 Å². The van der Waals surface area contributed by atoms with Crippen LogP contribution in [0.25, 0.3) is 11.3 Å². The number of aliphatic hydroxyl groups excluding tert-OH is 1. The maximum Gasteiger partial charge on any atom is 0.136 e. The van der Waals surface area contributed by atoms with Crippen LogP contribution in [0.1, 0.15) is 42.6 Å². The van der Waals surface area contributed by atoms with Gasteiger partial charge in [-0.05, 0) is 49.4 Å². The van der Waals surface area contributed by atoms with Crippen LogP contribution in [0.4, 0.5) is 11.6 Å². The summed E-state index contributed by atoms with van der Waals surface area (Å²) in [5, 5.41) is 9.42. The molecule has 0 saturated carbocycles. The van der Waals surface area contributed by atoms with Gasteiger partial charge in [-0.3, -0.25) is 4.90 Å². The van der Waals surface area contributed by atoms with Gasteiger partial charge in [-0.2, -0.15) is 0 Å². The van der Waals surface area contributed by atoms with Crippen molar-refractivity contribution in [2.45, 2.75) is 45.3 Å². The molecule has 3 unspecified atom stereocenters. The monoisotopic (exact) mass is 484 g/mol. The minimum Gasteiger partial charge on any atom is -0.392 e. The number of nitrogens with zero attached hydrogens (tertiary/aromatic N) is 6. The second kappa shape index (κ2) is 9.79. The highest BCUT2D eigenvalue weighted by Crippen LogP contribution is 2.42. The second-order valence-corrected chi connectivity index (χ2v) is 10.7. The number of aliphatic hydroxyl groups is 1. The second-order valence-electron chi connectivity index (χ2n) is 10.7. The van der Waals surface area contributed by atoms with Crippen molar-refractivity contribution in [2.75, 3.05) is 49.1 Å². The zero-order valence-corrected chi connectivity index (χ0v) is 21.3. The van der Waals surface area contributed by atoms with E-state index in [2.05, 4.69) is 69.9 Å². The van der Waals surface area contributed by atoms with E-state index in [1.807, 2.05) is 6.07 Å². The Hall–Kier alpha value is -3.03. The normalized spacial score (nSPS) is 24.4. The smallest absolute Gasteiger partial charge is 0.136 e. The van der Waals surface area contributed by atoms with Gasteiger partial charge in [0.15, 0.2) is 0 Å². The molecule has 3 fully saturated rings. The molecule has 3 atom stereocenters. The number of hydrogen-bond acceptors (Lipinski definition) is 7. The van der Waals surface area contributed by atoms with Gasteiger partial charge in [0.05, 0.1) is 12.3 Å². The molecule has 5 heterocycles. The molecule has 3 aliphatic heterocycles. The van der Waals surface area contributed by atoms with E-state index in [4.69, 9.17) is 9.97 Å². The van der Waals surface area contributed by atoms with Crippen molar-refractivity contribution in [3.63, 3.8) is 0 Å². The van der Waals surface area contributed by atoms with Gasteiger partial charge in [-0.1, -0.05) is 37.3 Å². The number of pyridine rings is 1. The number of aryl methyl sites for hydroxylation is 1. The molecule has 3 aromatic rings. The van der Waals surface area contributed by atoms with E-state index >= 15 is 0 Å². The number of anilines is 2. The molecule has 0 spiro atoms. The number of hydrogen-bond donors (Lipinski definition) is 1. The third kappa shape index (κ3) is 4.35. The van der Waals surface area contributed by atoms with E-state index in [0.717, 1.165) is 72.6 Å². The van der Waals surface area contributed by atoms with Gasteiger partial charge in [0.2, 0.25) is 0 Å². The van der Waals surface area contributed by atoms with Crippen molar-refractivity contribution in [1.82, 2.24) is 19.9 Å². The Kier molecular flexibility index (Phi) is 6.36. The molecule has 188 valence electrons. The van der Waals surface area contributed by atoms with E-state index in [-0.39, 0.29) is 6.61 Å². The zero-order chi connectivity index (χ0) is 24.6. The van der Waals surface area contributed by atoms with Crippen molar-refractivity contribution < 1.29 is 5.11 Å². The highest BCUT2D eigenvalue weighted by molar-refractivity contribution is 5.63. The molecule has 6 rings (SSSR count). The van der Waals surface area contributed by atoms with Crippen LogP contribution in [-0.4, -0.2) is 70.3 Å². The molecule has 7 heteroatoms.